The van der Waals surface area contributed by atoms with Gasteiger partial charge in [-0.2, -0.15) is 0 Å². The van der Waals surface area contributed by atoms with Crippen LogP contribution < -0.4 is 0 Å². The van der Waals surface area contributed by atoms with Crippen LogP contribution in [0.3, 0.4) is 0 Å². The molecule has 1 atom stereocenters. The van der Waals surface area contributed by atoms with Gasteiger partial charge in [0.05, 0.1) is 0 Å². The normalized spacial score (nSPS) is 14.8. The summed E-state index contributed by atoms with van der Waals surface area (Å²) < 4.78 is 0. The standard InChI is InChI=1S/C11H25N/c1-9(2)7-12(6)8-11(5)10(3)4/h9-11H,7-8H2,1-6H3. The van der Waals surface area contributed by atoms with Crippen molar-refractivity contribution in [3.05, 3.63) is 0 Å². The van der Waals surface area contributed by atoms with Crippen LogP contribution in [0, 0.1) is 17.8 Å². The van der Waals surface area contributed by atoms with Gasteiger partial charge in [0.1, 0.15) is 0 Å². The molecule has 0 aromatic heterocycles. The van der Waals surface area contributed by atoms with Crippen molar-refractivity contribution in [3.8, 4) is 0 Å². The minimum Gasteiger partial charge on any atom is -0.306 e. The van der Waals surface area contributed by atoms with Gasteiger partial charge in [0.2, 0.25) is 0 Å². The van der Waals surface area contributed by atoms with E-state index in [1.807, 2.05) is 0 Å². The molecule has 0 N–H and O–H groups in total. The molecule has 0 aromatic carbocycles. The van der Waals surface area contributed by atoms with Crippen LogP contribution in [0.4, 0.5) is 0 Å². The van der Waals surface area contributed by atoms with Gasteiger partial charge in [-0.05, 0) is 24.8 Å². The first-order valence-electron chi connectivity index (χ1n) is 5.12. The predicted octanol–water partition coefficient (Wildman–Crippen LogP) is 2.87. The highest BCUT2D eigenvalue weighted by molar-refractivity contribution is 4.63. The average molecular weight is 171 g/mol. The van der Waals surface area contributed by atoms with Gasteiger partial charge in [-0.25, -0.2) is 0 Å². The molecule has 0 saturated heterocycles. The summed E-state index contributed by atoms with van der Waals surface area (Å²) in [6.07, 6.45) is 0. The van der Waals surface area contributed by atoms with E-state index >= 15 is 0 Å². The second-order valence-corrected chi connectivity index (χ2v) is 4.84. The second kappa shape index (κ2) is 5.58. The third-order valence-electron chi connectivity index (χ3n) is 2.41. The lowest BCUT2D eigenvalue weighted by molar-refractivity contribution is 0.229. The number of hydrogen-bond donors (Lipinski definition) is 0. The molecule has 0 bridgehead atoms. The molecule has 0 fully saturated rings. The van der Waals surface area contributed by atoms with Crippen LogP contribution >= 0.6 is 0 Å². The van der Waals surface area contributed by atoms with Crippen LogP contribution in [0.25, 0.3) is 0 Å². The summed E-state index contributed by atoms with van der Waals surface area (Å²) >= 11 is 0. The summed E-state index contributed by atoms with van der Waals surface area (Å²) in [5, 5.41) is 0. The van der Waals surface area contributed by atoms with Crippen molar-refractivity contribution in [3.63, 3.8) is 0 Å². The lowest BCUT2D eigenvalue weighted by Gasteiger charge is -2.24. The molecule has 0 aliphatic heterocycles. The van der Waals surface area contributed by atoms with Crippen LogP contribution in [0.15, 0.2) is 0 Å². The molecule has 0 aliphatic carbocycles. The van der Waals surface area contributed by atoms with Crippen molar-refractivity contribution in [1.82, 2.24) is 4.90 Å². The maximum absolute atomic E-state index is 2.44. The Kier molecular flexibility index (Phi) is 5.56. The Balaban J connectivity index is 3.61. The van der Waals surface area contributed by atoms with Crippen molar-refractivity contribution in [2.45, 2.75) is 34.6 Å². The number of hydrogen-bond acceptors (Lipinski definition) is 1. The summed E-state index contributed by atoms with van der Waals surface area (Å²) in [6.45, 7) is 13.9. The molecule has 1 unspecified atom stereocenters. The van der Waals surface area contributed by atoms with E-state index in [0.29, 0.717) is 0 Å². The maximum Gasteiger partial charge on any atom is 0.000652 e. The maximum atomic E-state index is 2.44. The van der Waals surface area contributed by atoms with Gasteiger partial charge >= 0.3 is 0 Å². The highest BCUT2D eigenvalue weighted by Gasteiger charge is 2.10. The molecular formula is C11H25N. The lowest BCUT2D eigenvalue weighted by Crippen LogP contribution is -2.29. The zero-order chi connectivity index (χ0) is 9.72. The Morgan fingerprint density at radius 3 is 1.75 bits per heavy atom. The highest BCUT2D eigenvalue weighted by atomic mass is 15.1. The molecule has 0 radical (unpaired) electrons. The Morgan fingerprint density at radius 2 is 1.42 bits per heavy atom. The van der Waals surface area contributed by atoms with Crippen LogP contribution in [-0.2, 0) is 0 Å². The Hall–Kier alpha value is -0.0400. The van der Waals surface area contributed by atoms with Crippen LogP contribution in [0.1, 0.15) is 34.6 Å². The van der Waals surface area contributed by atoms with Gasteiger partial charge in [-0.3, -0.25) is 0 Å². The third-order valence-corrected chi connectivity index (χ3v) is 2.41. The van der Waals surface area contributed by atoms with Crippen molar-refractivity contribution in [2.75, 3.05) is 20.1 Å². The molecule has 0 amide bonds. The molecule has 1 heteroatoms. The second-order valence-electron chi connectivity index (χ2n) is 4.84. The monoisotopic (exact) mass is 171 g/mol. The van der Waals surface area contributed by atoms with Crippen LogP contribution in [-0.4, -0.2) is 25.0 Å². The van der Waals surface area contributed by atoms with E-state index in [-0.39, 0.29) is 0 Å². The topological polar surface area (TPSA) is 3.24 Å². The Labute approximate surface area is 78.1 Å². The number of nitrogens with zero attached hydrogens (tertiary/aromatic N) is 1. The minimum atomic E-state index is 0.786. The van der Waals surface area contributed by atoms with E-state index in [4.69, 9.17) is 0 Å². The Morgan fingerprint density at radius 1 is 0.917 bits per heavy atom. The average Bonchev–Trinajstić information content (AvgIpc) is 1.84. The molecule has 0 rings (SSSR count). The molecule has 1 nitrogen and oxygen atoms in total. The van der Waals surface area contributed by atoms with E-state index in [1.165, 1.54) is 13.1 Å². The lowest BCUT2D eigenvalue weighted by atomic mass is 9.97. The predicted molar refractivity (Wildman–Crippen MR) is 56.3 cm³/mol. The smallest absolute Gasteiger partial charge is 0.000652 e. The van der Waals surface area contributed by atoms with Crippen molar-refractivity contribution in [2.24, 2.45) is 17.8 Å². The molecule has 0 spiro atoms. The van der Waals surface area contributed by atoms with Crippen LogP contribution in [0.5, 0.6) is 0 Å². The first-order valence-corrected chi connectivity index (χ1v) is 5.12. The quantitative estimate of drug-likeness (QED) is 0.615. The van der Waals surface area contributed by atoms with Gasteiger partial charge in [0, 0.05) is 13.1 Å². The van der Waals surface area contributed by atoms with Crippen molar-refractivity contribution in [1.29, 1.82) is 0 Å². The fraction of sp³-hybridized carbons (Fsp3) is 1.00. The molecule has 0 aliphatic rings. The van der Waals surface area contributed by atoms with E-state index in [1.54, 1.807) is 0 Å². The molecular weight excluding hydrogens is 146 g/mol. The fourth-order valence-corrected chi connectivity index (χ4v) is 1.40. The first-order chi connectivity index (χ1) is 5.43. The largest absolute Gasteiger partial charge is 0.306 e. The molecule has 12 heavy (non-hydrogen) atoms. The summed E-state index contributed by atoms with van der Waals surface area (Å²) in [7, 11) is 2.22. The Bertz CT molecular complexity index is 108. The van der Waals surface area contributed by atoms with E-state index in [0.717, 1.165) is 17.8 Å². The minimum absolute atomic E-state index is 0.786. The molecule has 0 saturated carbocycles. The summed E-state index contributed by atoms with van der Waals surface area (Å²) in [5.41, 5.74) is 0. The number of rotatable bonds is 5. The van der Waals surface area contributed by atoms with Gasteiger partial charge in [-0.1, -0.05) is 34.6 Å². The van der Waals surface area contributed by atoms with Gasteiger partial charge in [0.15, 0.2) is 0 Å². The SMILES string of the molecule is CC(C)CN(C)CC(C)C(C)C. The first kappa shape index (κ1) is 12.0. The van der Waals surface area contributed by atoms with E-state index in [2.05, 4.69) is 46.6 Å². The van der Waals surface area contributed by atoms with Crippen LogP contribution in [0.2, 0.25) is 0 Å². The van der Waals surface area contributed by atoms with Crippen molar-refractivity contribution >= 4 is 0 Å². The van der Waals surface area contributed by atoms with Gasteiger partial charge in [0.25, 0.3) is 0 Å². The molecule has 0 heterocycles. The summed E-state index contributed by atoms with van der Waals surface area (Å²) in [4.78, 5) is 2.44. The summed E-state index contributed by atoms with van der Waals surface area (Å²) in [6, 6.07) is 0. The molecule has 74 valence electrons. The van der Waals surface area contributed by atoms with Crippen molar-refractivity contribution < 1.29 is 0 Å². The van der Waals surface area contributed by atoms with E-state index < -0.39 is 0 Å². The fourth-order valence-electron chi connectivity index (χ4n) is 1.40. The van der Waals surface area contributed by atoms with Gasteiger partial charge in [-0.15, -0.1) is 0 Å². The zero-order valence-electron chi connectivity index (χ0n) is 9.59. The zero-order valence-corrected chi connectivity index (χ0v) is 9.59. The van der Waals surface area contributed by atoms with Gasteiger partial charge < -0.3 is 4.90 Å². The summed E-state index contributed by atoms with van der Waals surface area (Å²) in [5.74, 6) is 2.41. The third kappa shape index (κ3) is 5.59. The highest BCUT2D eigenvalue weighted by Crippen LogP contribution is 2.11. The molecule has 0 aromatic rings. The van der Waals surface area contributed by atoms with E-state index in [9.17, 15) is 0 Å².